The van der Waals surface area contributed by atoms with Gasteiger partial charge in [0.25, 0.3) is 0 Å². The number of hydrogen-bond acceptors (Lipinski definition) is 8. The first-order valence-electron chi connectivity index (χ1n) is 8.96. The summed E-state index contributed by atoms with van der Waals surface area (Å²) in [5.41, 5.74) is 0.854. The maximum absolute atomic E-state index is 12.0. The zero-order valence-electron chi connectivity index (χ0n) is 16.5. The van der Waals surface area contributed by atoms with E-state index in [9.17, 15) is 9.69 Å². The van der Waals surface area contributed by atoms with Gasteiger partial charge < -0.3 is 33.5 Å². The van der Waals surface area contributed by atoms with Crippen molar-refractivity contribution in [2.24, 2.45) is 5.92 Å². The largest absolute Gasteiger partial charge is 0.508 e. The number of carbonyl (C=O) groups excluding carboxylic acids is 1. The lowest BCUT2D eigenvalue weighted by Gasteiger charge is -2.28. The van der Waals surface area contributed by atoms with Crippen LogP contribution < -0.4 is 5.32 Å². The van der Waals surface area contributed by atoms with Gasteiger partial charge in [-0.25, -0.2) is 4.79 Å². The van der Waals surface area contributed by atoms with E-state index in [0.29, 0.717) is 11.4 Å². The highest BCUT2D eigenvalue weighted by atomic mass is 32.5. The Bertz CT molecular complexity index is 736. The molecule has 1 aliphatic carbocycles. The molecule has 5 atom stereocenters. The fourth-order valence-corrected chi connectivity index (χ4v) is 4.37. The van der Waals surface area contributed by atoms with E-state index in [0.717, 1.165) is 5.56 Å². The number of benzene rings is 1. The van der Waals surface area contributed by atoms with Gasteiger partial charge >= 0.3 is 12.9 Å². The molecule has 1 aromatic rings. The fourth-order valence-electron chi connectivity index (χ4n) is 3.23. The Morgan fingerprint density at radius 1 is 1.24 bits per heavy atom. The lowest BCUT2D eigenvalue weighted by Crippen LogP contribution is -2.43. The predicted octanol–water partition coefficient (Wildman–Crippen LogP) is 2.93. The van der Waals surface area contributed by atoms with Crippen LogP contribution in [0.25, 0.3) is 0 Å². The van der Waals surface area contributed by atoms with Crippen molar-refractivity contribution in [1.82, 2.24) is 5.32 Å². The Morgan fingerprint density at radius 2 is 1.93 bits per heavy atom. The summed E-state index contributed by atoms with van der Waals surface area (Å²) in [6.45, 7) is -1.57. The quantitative estimate of drug-likeness (QED) is 0.323. The standard InChI is InChI=1S/C18H26NO7PS2/c1-12(28)19-15-9-14(16(17(15)22-2)26-27(21,29)23-3)11-25-18(20)24-10-13-7-5-4-6-8-13/h4-8,14-17H,9-11H2,1-3H3,(H,19,28)(H,21,29)/t14-,15-,16?,17-,27?/m1/s1. The molecule has 2 unspecified atom stereocenters. The summed E-state index contributed by atoms with van der Waals surface area (Å²) >= 11 is 10.1. The van der Waals surface area contributed by atoms with Gasteiger partial charge in [0.05, 0.1) is 11.0 Å². The van der Waals surface area contributed by atoms with E-state index in [1.165, 1.54) is 14.2 Å². The van der Waals surface area contributed by atoms with Crippen LogP contribution in [-0.4, -0.2) is 55.1 Å². The Hall–Kier alpha value is -1.13. The predicted molar refractivity (Wildman–Crippen MR) is 115 cm³/mol. The van der Waals surface area contributed by atoms with E-state index in [1.54, 1.807) is 6.92 Å². The number of methoxy groups -OCH3 is 1. The van der Waals surface area contributed by atoms with Crippen molar-refractivity contribution in [1.29, 1.82) is 0 Å². The second kappa shape index (κ2) is 11.3. The minimum Gasteiger partial charge on any atom is -0.434 e. The van der Waals surface area contributed by atoms with Gasteiger partial charge in [-0.3, -0.25) is 0 Å². The number of nitrogens with one attached hydrogen (secondary N) is 1. The third-order valence-electron chi connectivity index (χ3n) is 4.50. The molecular formula is C18H26NO7PS2. The van der Waals surface area contributed by atoms with E-state index >= 15 is 0 Å². The number of thiocarbonyl (C=S) groups is 1. The number of ether oxygens (including phenoxy) is 3. The minimum absolute atomic E-state index is 0.00581. The van der Waals surface area contributed by atoms with Gasteiger partial charge in [0.1, 0.15) is 25.4 Å². The molecule has 0 amide bonds. The van der Waals surface area contributed by atoms with Gasteiger partial charge in [-0.05, 0) is 30.7 Å². The second-order valence-corrected chi connectivity index (χ2v) is 10.1. The molecule has 29 heavy (non-hydrogen) atoms. The van der Waals surface area contributed by atoms with Crippen molar-refractivity contribution in [2.45, 2.75) is 38.2 Å². The van der Waals surface area contributed by atoms with E-state index in [4.69, 9.17) is 47.3 Å². The molecule has 11 heteroatoms. The molecule has 0 aromatic heterocycles. The molecule has 0 aliphatic heterocycles. The molecule has 1 aliphatic rings. The van der Waals surface area contributed by atoms with Gasteiger partial charge in [-0.15, -0.1) is 0 Å². The number of rotatable bonds is 9. The Morgan fingerprint density at radius 3 is 2.52 bits per heavy atom. The van der Waals surface area contributed by atoms with E-state index in [-0.39, 0.29) is 25.2 Å². The average Bonchev–Trinajstić information content (AvgIpc) is 3.00. The van der Waals surface area contributed by atoms with Crippen molar-refractivity contribution in [2.75, 3.05) is 20.8 Å². The third kappa shape index (κ3) is 7.57. The monoisotopic (exact) mass is 463 g/mol. The number of carbonyl (C=O) groups is 1. The summed E-state index contributed by atoms with van der Waals surface area (Å²) in [6.07, 6.45) is -1.38. The highest BCUT2D eigenvalue weighted by molar-refractivity contribution is 8.07. The summed E-state index contributed by atoms with van der Waals surface area (Å²) in [5, 5.41) is 3.15. The van der Waals surface area contributed by atoms with Crippen LogP contribution in [0.3, 0.4) is 0 Å². The Kier molecular flexibility index (Phi) is 9.42. The fraction of sp³-hybridized carbons (Fsp3) is 0.556. The summed E-state index contributed by atoms with van der Waals surface area (Å²) in [5.74, 6) is -0.305. The highest BCUT2D eigenvalue weighted by Gasteiger charge is 2.47. The highest BCUT2D eigenvalue weighted by Crippen LogP contribution is 2.48. The van der Waals surface area contributed by atoms with Crippen LogP contribution >= 0.6 is 18.9 Å². The summed E-state index contributed by atoms with van der Waals surface area (Å²) in [7, 11) is 2.81. The maximum Gasteiger partial charge on any atom is 0.508 e. The first kappa shape index (κ1) is 24.1. The maximum atomic E-state index is 12.0. The van der Waals surface area contributed by atoms with Crippen LogP contribution in [0.4, 0.5) is 4.79 Å². The molecular weight excluding hydrogens is 437 g/mol. The topological polar surface area (TPSA) is 95.5 Å². The van der Waals surface area contributed by atoms with E-state index < -0.39 is 25.1 Å². The van der Waals surface area contributed by atoms with Gasteiger partial charge in [0.2, 0.25) is 0 Å². The van der Waals surface area contributed by atoms with E-state index in [2.05, 4.69) is 5.32 Å². The van der Waals surface area contributed by atoms with Crippen molar-refractivity contribution in [3.63, 3.8) is 0 Å². The number of hydrogen-bond donors (Lipinski definition) is 2. The zero-order valence-corrected chi connectivity index (χ0v) is 19.0. The molecule has 0 radical (unpaired) electrons. The smallest absolute Gasteiger partial charge is 0.434 e. The van der Waals surface area contributed by atoms with Gasteiger partial charge in [0, 0.05) is 20.1 Å². The molecule has 2 N–H and O–H groups in total. The van der Waals surface area contributed by atoms with Crippen molar-refractivity contribution >= 4 is 41.9 Å². The molecule has 0 bridgehead atoms. The van der Waals surface area contributed by atoms with Crippen LogP contribution in [0.5, 0.6) is 0 Å². The SMILES string of the molecule is CO[C@H]1C(OP(O)(=S)OC)[C@@H](COC(=O)OCc2ccccc2)C[C@H]1NC(C)=S. The molecule has 1 aromatic carbocycles. The Balaban J connectivity index is 1.99. The first-order chi connectivity index (χ1) is 13.8. The zero-order chi connectivity index (χ0) is 21.4. The molecule has 2 rings (SSSR count). The molecule has 0 saturated heterocycles. The average molecular weight is 464 g/mol. The minimum atomic E-state index is -3.45. The molecule has 1 saturated carbocycles. The molecule has 0 heterocycles. The molecule has 1 fully saturated rings. The first-order valence-corrected chi connectivity index (χ1v) is 12.0. The van der Waals surface area contributed by atoms with Crippen molar-refractivity contribution in [3.05, 3.63) is 35.9 Å². The summed E-state index contributed by atoms with van der Waals surface area (Å²) in [6, 6.07) is 9.10. The second-order valence-electron chi connectivity index (χ2n) is 6.56. The van der Waals surface area contributed by atoms with Crippen LogP contribution in [0.15, 0.2) is 30.3 Å². The lowest BCUT2D eigenvalue weighted by molar-refractivity contribution is -0.0250. The molecule has 8 nitrogen and oxygen atoms in total. The lowest BCUT2D eigenvalue weighted by atomic mass is 10.1. The van der Waals surface area contributed by atoms with Gasteiger partial charge in [-0.2, -0.15) is 0 Å². The van der Waals surface area contributed by atoms with Crippen LogP contribution in [0.2, 0.25) is 0 Å². The van der Waals surface area contributed by atoms with Crippen molar-refractivity contribution in [3.8, 4) is 0 Å². The summed E-state index contributed by atoms with van der Waals surface area (Å²) in [4.78, 5) is 22.7. The van der Waals surface area contributed by atoms with Crippen LogP contribution in [0, 0.1) is 5.92 Å². The van der Waals surface area contributed by atoms with E-state index in [1.807, 2.05) is 30.3 Å². The summed E-state index contributed by atoms with van der Waals surface area (Å²) < 4.78 is 26.5. The Labute approximate surface area is 181 Å². The third-order valence-corrected chi connectivity index (χ3v) is 6.30. The van der Waals surface area contributed by atoms with Crippen molar-refractivity contribution < 1.29 is 32.9 Å². The van der Waals surface area contributed by atoms with Gasteiger partial charge in [-0.1, -0.05) is 42.5 Å². The van der Waals surface area contributed by atoms with Gasteiger partial charge in [0.15, 0.2) is 0 Å². The van der Waals surface area contributed by atoms with Crippen LogP contribution in [-0.2, 0) is 41.7 Å². The normalized spacial score (nSPS) is 25.8. The molecule has 0 spiro atoms. The van der Waals surface area contributed by atoms with Crippen LogP contribution in [0.1, 0.15) is 18.9 Å². The molecule has 162 valence electrons.